The van der Waals surface area contributed by atoms with Crippen LogP contribution >= 0.6 is 0 Å². The molecule has 0 fully saturated rings. The molecular weight excluding hydrogens is 796 g/mol. The van der Waals surface area contributed by atoms with Crippen LogP contribution in [0.4, 0.5) is 0 Å². The number of phenolic OH excluding ortho intramolecular Hbond substituents is 1. The maximum Gasteiger partial charge on any atom is 0.230 e. The Bertz CT molecular complexity index is 2250. The van der Waals surface area contributed by atoms with Crippen LogP contribution < -0.4 is 0 Å². The molecule has 0 spiro atoms. The van der Waals surface area contributed by atoms with Gasteiger partial charge in [-0.15, -0.1) is 29.3 Å². The van der Waals surface area contributed by atoms with Crippen LogP contribution in [-0.4, -0.2) is 15.1 Å². The van der Waals surface area contributed by atoms with Gasteiger partial charge in [-0.3, -0.25) is 4.98 Å². The predicted octanol–water partition coefficient (Wildman–Crippen LogP) is 11.5. The molecule has 0 saturated heterocycles. The van der Waals surface area contributed by atoms with E-state index in [2.05, 4.69) is 113 Å². The first kappa shape index (κ1) is 35.0. The third kappa shape index (κ3) is 6.70. The number of pyridine rings is 1. The quantitative estimate of drug-likeness (QED) is 0.163. The number of hydrogen-bond donors (Lipinski definition) is 1. The van der Waals surface area contributed by atoms with Crippen molar-refractivity contribution < 1.29 is 30.6 Å². The number of hydrogen-bond acceptors (Lipinski definition) is 4. The monoisotopic (exact) mass is 836 g/mol. The Morgan fingerprint density at radius 3 is 2.04 bits per heavy atom. The van der Waals surface area contributed by atoms with Crippen LogP contribution in [0.15, 0.2) is 132 Å². The fourth-order valence-electron chi connectivity index (χ4n) is 6.54. The summed E-state index contributed by atoms with van der Waals surface area (Å²) in [4.78, 5) is 9.74. The minimum atomic E-state index is -0.351. The van der Waals surface area contributed by atoms with Crippen LogP contribution in [0.5, 0.6) is 5.75 Å². The zero-order valence-electron chi connectivity index (χ0n) is 29.3. The molecule has 0 bridgehead atoms. The van der Waals surface area contributed by atoms with E-state index in [0.717, 1.165) is 44.6 Å². The third-order valence-electron chi connectivity index (χ3n) is 9.74. The predicted molar refractivity (Wildman–Crippen MR) is 200 cm³/mol. The summed E-state index contributed by atoms with van der Waals surface area (Å²) < 4.78 is 6.53. The maximum atomic E-state index is 12.0. The van der Waals surface area contributed by atoms with Gasteiger partial charge < -0.3 is 9.52 Å². The van der Waals surface area contributed by atoms with Crippen LogP contribution in [0, 0.1) is 6.07 Å². The molecule has 0 saturated carbocycles. The minimum Gasteiger partial charge on any atom is -0.507 e. The first-order valence-electron chi connectivity index (χ1n) is 16.9. The van der Waals surface area contributed by atoms with Crippen molar-refractivity contribution in [3.8, 4) is 39.6 Å². The van der Waals surface area contributed by atoms with Gasteiger partial charge in [0.15, 0.2) is 0 Å². The van der Waals surface area contributed by atoms with Gasteiger partial charge in [0.05, 0.1) is 11.1 Å². The second kappa shape index (κ2) is 13.8. The van der Waals surface area contributed by atoms with Gasteiger partial charge in [-0.1, -0.05) is 144 Å². The van der Waals surface area contributed by atoms with Crippen molar-refractivity contribution in [1.82, 2.24) is 9.97 Å². The Labute approximate surface area is 309 Å². The zero-order valence-corrected chi connectivity index (χ0v) is 31.5. The van der Waals surface area contributed by atoms with Crippen LogP contribution in [0.2, 0.25) is 0 Å². The van der Waals surface area contributed by atoms with E-state index < -0.39 is 0 Å². The summed E-state index contributed by atoms with van der Waals surface area (Å²) in [5.41, 5.74) is 10.5. The van der Waals surface area contributed by atoms with E-state index in [9.17, 15) is 5.11 Å². The van der Waals surface area contributed by atoms with E-state index in [1.165, 1.54) is 11.1 Å². The topological polar surface area (TPSA) is 59.2 Å². The van der Waals surface area contributed by atoms with Gasteiger partial charge in [0, 0.05) is 49.9 Å². The molecule has 50 heavy (non-hydrogen) atoms. The Morgan fingerprint density at radius 2 is 1.36 bits per heavy atom. The Balaban J connectivity index is 0.00000432. The van der Waals surface area contributed by atoms with Crippen molar-refractivity contribution in [1.29, 1.82) is 0 Å². The summed E-state index contributed by atoms with van der Waals surface area (Å²) >= 11 is 0. The van der Waals surface area contributed by atoms with Crippen LogP contribution in [-0.2, 0) is 31.9 Å². The van der Waals surface area contributed by atoms with Crippen molar-refractivity contribution in [2.45, 2.75) is 58.3 Å². The number of oxazole rings is 1. The molecule has 0 aliphatic heterocycles. The Hall–Kier alpha value is -4.79. The number of nitrogens with zero attached hydrogens (tertiary/aromatic N) is 2. The molecule has 0 amide bonds. The van der Waals surface area contributed by atoms with Crippen LogP contribution in [0.25, 0.3) is 44.9 Å². The maximum absolute atomic E-state index is 12.0. The van der Waals surface area contributed by atoms with Crippen molar-refractivity contribution >= 4 is 11.1 Å². The molecule has 1 atom stereocenters. The minimum absolute atomic E-state index is 0. The number of para-hydroxylation sites is 1. The molecule has 5 heteroatoms. The standard InChI is InChI=1S/C45H41N2O2.Pt/c1-29(30-16-9-7-10-17-30)37-27-35(45(5,6)33-18-11-8-12-19-33)28-38(42(37)48)43-47-41-36(20-15-22-40(41)49-43)31-24-32(39-21-13-14-23-46-39)26-34(25-31)44(2,3)4;/h7-23,25-29,48H,1-6H3;/q-1;. The van der Waals surface area contributed by atoms with Gasteiger partial charge in [-0.25, -0.2) is 4.98 Å². The molecule has 254 valence electrons. The number of aromatic nitrogens is 2. The molecule has 2 heterocycles. The molecule has 0 aliphatic rings. The van der Waals surface area contributed by atoms with Crippen molar-refractivity contribution in [3.63, 3.8) is 0 Å². The zero-order chi connectivity index (χ0) is 34.3. The Morgan fingerprint density at radius 1 is 0.680 bits per heavy atom. The van der Waals surface area contributed by atoms with Gasteiger partial charge in [-0.2, -0.15) is 0 Å². The molecule has 5 aromatic carbocycles. The molecule has 2 aromatic heterocycles. The van der Waals surface area contributed by atoms with Crippen molar-refractivity contribution in [3.05, 3.63) is 161 Å². The van der Waals surface area contributed by atoms with Gasteiger partial charge in [-0.05, 0) is 40.3 Å². The molecule has 1 N–H and O–H groups in total. The third-order valence-corrected chi connectivity index (χ3v) is 9.74. The van der Waals surface area contributed by atoms with E-state index in [1.807, 2.05) is 66.9 Å². The second-order valence-corrected chi connectivity index (χ2v) is 14.4. The smallest absolute Gasteiger partial charge is 0.230 e. The summed E-state index contributed by atoms with van der Waals surface area (Å²) in [6, 6.07) is 44.9. The van der Waals surface area contributed by atoms with E-state index in [4.69, 9.17) is 9.40 Å². The summed E-state index contributed by atoms with van der Waals surface area (Å²) in [7, 11) is 0. The SMILES string of the molecule is CC(c1ccccc1)c1cc(C(C)(C)c2ccccc2)cc(-c2nc3c(-c4[c-]c(-c5ccccn5)cc(C(C)(C)C)c4)cccc3o2)c1O.[Pt]. The number of benzene rings is 5. The summed E-state index contributed by atoms with van der Waals surface area (Å²) in [6.45, 7) is 13.2. The fourth-order valence-corrected chi connectivity index (χ4v) is 6.54. The van der Waals surface area contributed by atoms with Gasteiger partial charge in [0.2, 0.25) is 5.89 Å². The second-order valence-electron chi connectivity index (χ2n) is 14.4. The molecule has 7 aromatic rings. The molecule has 7 rings (SSSR count). The number of rotatable bonds is 7. The number of aromatic hydroxyl groups is 1. The molecular formula is C45H41N2O2Pt-. The van der Waals surface area contributed by atoms with E-state index in [0.29, 0.717) is 17.0 Å². The van der Waals surface area contributed by atoms with Crippen LogP contribution in [0.1, 0.15) is 75.3 Å². The molecule has 1 unspecified atom stereocenters. The van der Waals surface area contributed by atoms with Gasteiger partial charge >= 0.3 is 0 Å². The Kier molecular flexibility index (Phi) is 9.71. The fraction of sp³-hybridized carbons (Fsp3) is 0.200. The average Bonchev–Trinajstić information content (AvgIpc) is 3.56. The normalized spacial score (nSPS) is 12.4. The van der Waals surface area contributed by atoms with Gasteiger partial charge in [0.25, 0.3) is 0 Å². The van der Waals surface area contributed by atoms with Crippen molar-refractivity contribution in [2.24, 2.45) is 0 Å². The van der Waals surface area contributed by atoms with Crippen molar-refractivity contribution in [2.75, 3.05) is 0 Å². The number of fused-ring (bicyclic) bond motifs is 1. The summed E-state index contributed by atoms with van der Waals surface area (Å²) in [5, 5.41) is 12.0. The largest absolute Gasteiger partial charge is 0.507 e. The van der Waals surface area contributed by atoms with E-state index in [-0.39, 0.29) is 43.6 Å². The number of phenols is 1. The van der Waals surface area contributed by atoms with E-state index in [1.54, 1.807) is 0 Å². The van der Waals surface area contributed by atoms with Gasteiger partial charge in [0.1, 0.15) is 11.3 Å². The summed E-state index contributed by atoms with van der Waals surface area (Å²) in [5.74, 6) is 0.492. The first-order valence-corrected chi connectivity index (χ1v) is 16.9. The molecule has 0 aliphatic carbocycles. The first-order chi connectivity index (χ1) is 23.5. The molecule has 0 radical (unpaired) electrons. The summed E-state index contributed by atoms with van der Waals surface area (Å²) in [6.07, 6.45) is 1.81. The van der Waals surface area contributed by atoms with Crippen LogP contribution in [0.3, 0.4) is 0 Å². The van der Waals surface area contributed by atoms with E-state index >= 15 is 0 Å². The average molecular weight is 837 g/mol. The molecule has 4 nitrogen and oxygen atoms in total.